The first-order valence-electron chi connectivity index (χ1n) is 16.0. The van der Waals surface area contributed by atoms with Crippen molar-refractivity contribution in [3.63, 3.8) is 0 Å². The molecule has 49 heavy (non-hydrogen) atoms. The number of aromatic nitrogens is 6. The number of benzene rings is 6. The van der Waals surface area contributed by atoms with Gasteiger partial charge in [-0.3, -0.25) is 0 Å². The number of nitrogens with zero attached hydrogens (tertiary/aromatic N) is 6. The van der Waals surface area contributed by atoms with E-state index in [0.717, 1.165) is 38.9 Å². The number of tetrazole rings is 1. The van der Waals surface area contributed by atoms with Crippen LogP contribution in [0.1, 0.15) is 32.6 Å². The Morgan fingerprint density at radius 2 is 1.20 bits per heavy atom. The Hall–Kier alpha value is -6.67. The molecule has 8 heteroatoms. The van der Waals surface area contributed by atoms with Gasteiger partial charge in [-0.2, -0.15) is 0 Å². The molecule has 2 heterocycles. The van der Waals surface area contributed by atoms with Crippen LogP contribution in [0.5, 0.6) is 0 Å². The van der Waals surface area contributed by atoms with Crippen molar-refractivity contribution in [1.82, 2.24) is 29.8 Å². The van der Waals surface area contributed by atoms with E-state index in [1.165, 1.54) is 0 Å². The first kappa shape index (κ1) is 29.7. The van der Waals surface area contributed by atoms with E-state index in [0.29, 0.717) is 23.4 Å². The Labute approximate surface area is 282 Å². The van der Waals surface area contributed by atoms with Crippen molar-refractivity contribution >= 4 is 17.0 Å². The van der Waals surface area contributed by atoms with Crippen LogP contribution in [0.4, 0.5) is 0 Å². The van der Waals surface area contributed by atoms with E-state index in [4.69, 9.17) is 5.21 Å². The molecule has 8 aromatic rings. The summed E-state index contributed by atoms with van der Waals surface area (Å²) in [6.07, 6.45) is 1.69. The summed E-state index contributed by atoms with van der Waals surface area (Å²) >= 11 is 0. The van der Waals surface area contributed by atoms with Gasteiger partial charge in [0.2, 0.25) is 0 Å². The van der Waals surface area contributed by atoms with Gasteiger partial charge in [0, 0.05) is 12.1 Å². The van der Waals surface area contributed by atoms with Crippen LogP contribution in [0.2, 0.25) is 0 Å². The monoisotopic (exact) mass is 638 g/mol. The third-order valence-corrected chi connectivity index (χ3v) is 9.02. The number of hydrogen-bond donors (Lipinski definition) is 1. The molecule has 2 aromatic heterocycles. The average molecular weight is 639 g/mol. The van der Waals surface area contributed by atoms with Gasteiger partial charge in [-0.1, -0.05) is 146 Å². The third kappa shape index (κ3) is 5.16. The van der Waals surface area contributed by atoms with Crippen LogP contribution in [-0.2, 0) is 12.1 Å². The molecular weight excluding hydrogens is 608 g/mol. The summed E-state index contributed by atoms with van der Waals surface area (Å²) in [5.74, 6) is -0.347. The van der Waals surface area contributed by atoms with Gasteiger partial charge in [0.05, 0.1) is 22.9 Å². The summed E-state index contributed by atoms with van der Waals surface area (Å²) in [7, 11) is 0. The lowest BCUT2D eigenvalue weighted by atomic mass is 9.77. The molecule has 8 rings (SSSR count). The zero-order valence-electron chi connectivity index (χ0n) is 26.3. The van der Waals surface area contributed by atoms with Gasteiger partial charge in [0.25, 0.3) is 0 Å². The highest BCUT2D eigenvalue weighted by Crippen LogP contribution is 2.43. The van der Waals surface area contributed by atoms with Crippen LogP contribution in [0.25, 0.3) is 33.5 Å². The summed E-state index contributed by atoms with van der Waals surface area (Å²) in [5, 5.41) is 23.5. The fraction of sp³-hybridized carbons (Fsp3) is 0.0488. The Bertz CT molecular complexity index is 2290. The summed E-state index contributed by atoms with van der Waals surface area (Å²) in [4.78, 5) is 16.4. The first-order chi connectivity index (χ1) is 24.1. The predicted octanol–water partition coefficient (Wildman–Crippen LogP) is 7.94. The standard InChI is InChI=1S/C41H30N6O2/c48-40(49)36-21-12-22-37-38(36)46(28-42-37)27-29-23-25-30(26-24-29)34-19-10-11-20-35(34)39-43-44-45-47(39)41(31-13-4-1-5-14-31,32-15-6-2-7-16-32)33-17-8-3-9-18-33/h1-26,28H,27H2,(H,48,49). The fourth-order valence-electron chi connectivity index (χ4n) is 6.82. The molecule has 1 N–H and O–H groups in total. The molecule has 0 radical (unpaired) electrons. The smallest absolute Gasteiger partial charge is 0.337 e. The maximum atomic E-state index is 11.9. The van der Waals surface area contributed by atoms with Crippen molar-refractivity contribution in [3.05, 3.63) is 192 Å². The lowest BCUT2D eigenvalue weighted by molar-refractivity contribution is 0.0698. The molecule has 0 amide bonds. The molecule has 0 saturated carbocycles. The van der Waals surface area contributed by atoms with E-state index in [-0.39, 0.29) is 5.56 Å². The SMILES string of the molecule is O=C(O)c1cccc2ncn(Cc3ccc(-c4ccccc4-c4nnnn4C(c4ccccc4)(c4ccccc4)c4ccccc4)cc3)c12. The van der Waals surface area contributed by atoms with E-state index in [1.54, 1.807) is 18.5 Å². The van der Waals surface area contributed by atoms with E-state index < -0.39 is 11.5 Å². The Morgan fingerprint density at radius 3 is 1.80 bits per heavy atom. The van der Waals surface area contributed by atoms with Crippen LogP contribution in [-0.4, -0.2) is 40.8 Å². The molecule has 0 aliphatic carbocycles. The number of hydrogen-bond acceptors (Lipinski definition) is 5. The van der Waals surface area contributed by atoms with Crippen LogP contribution in [0, 0.1) is 0 Å². The molecule has 0 bridgehead atoms. The molecule has 0 aliphatic heterocycles. The Kier molecular flexibility index (Phi) is 7.58. The van der Waals surface area contributed by atoms with Crippen molar-refractivity contribution in [1.29, 1.82) is 0 Å². The summed E-state index contributed by atoms with van der Waals surface area (Å²) in [5.41, 5.74) is 7.59. The largest absolute Gasteiger partial charge is 0.478 e. The second-order valence-electron chi connectivity index (χ2n) is 11.8. The molecule has 0 unspecified atom stereocenters. The third-order valence-electron chi connectivity index (χ3n) is 9.02. The van der Waals surface area contributed by atoms with E-state index in [1.807, 2.05) is 82.0 Å². The molecule has 0 spiro atoms. The second-order valence-corrected chi connectivity index (χ2v) is 11.8. The van der Waals surface area contributed by atoms with E-state index >= 15 is 0 Å². The maximum Gasteiger partial charge on any atom is 0.337 e. The topological polar surface area (TPSA) is 98.7 Å². The number of carbonyl (C=O) groups is 1. The number of carboxylic acids is 1. The molecule has 0 saturated heterocycles. The highest BCUT2D eigenvalue weighted by molar-refractivity contribution is 6.01. The Balaban J connectivity index is 1.24. The second kappa shape index (κ2) is 12.5. The summed E-state index contributed by atoms with van der Waals surface area (Å²) in [6.45, 7) is 0.481. The zero-order chi connectivity index (χ0) is 33.2. The lowest BCUT2D eigenvalue weighted by Gasteiger charge is -2.36. The lowest BCUT2D eigenvalue weighted by Crippen LogP contribution is -2.39. The molecule has 0 aliphatic rings. The maximum absolute atomic E-state index is 11.9. The van der Waals surface area contributed by atoms with Gasteiger partial charge in [-0.25, -0.2) is 14.5 Å². The van der Waals surface area contributed by atoms with Crippen molar-refractivity contribution in [2.45, 2.75) is 12.1 Å². The van der Waals surface area contributed by atoms with E-state index in [9.17, 15) is 9.90 Å². The van der Waals surface area contributed by atoms with Crippen LogP contribution in [0.15, 0.2) is 164 Å². The minimum absolute atomic E-state index is 0.232. The molecular formula is C41H30N6O2. The van der Waals surface area contributed by atoms with Crippen molar-refractivity contribution in [2.24, 2.45) is 0 Å². The number of aromatic carboxylic acids is 1. The van der Waals surface area contributed by atoms with Gasteiger partial charge in [0.15, 0.2) is 5.82 Å². The van der Waals surface area contributed by atoms with Gasteiger partial charge >= 0.3 is 5.97 Å². The first-order valence-corrected chi connectivity index (χ1v) is 16.0. The average Bonchev–Trinajstić information content (AvgIpc) is 3.82. The van der Waals surface area contributed by atoms with Crippen molar-refractivity contribution in [3.8, 4) is 22.5 Å². The molecule has 0 atom stereocenters. The van der Waals surface area contributed by atoms with Crippen LogP contribution in [0.3, 0.4) is 0 Å². The van der Waals surface area contributed by atoms with Gasteiger partial charge in [-0.05, 0) is 55.9 Å². The number of rotatable bonds is 9. The van der Waals surface area contributed by atoms with Crippen molar-refractivity contribution < 1.29 is 9.90 Å². The molecule has 6 aromatic carbocycles. The van der Waals surface area contributed by atoms with E-state index in [2.05, 4.69) is 88.1 Å². The van der Waals surface area contributed by atoms with Gasteiger partial charge < -0.3 is 9.67 Å². The Morgan fingerprint density at radius 1 is 0.633 bits per heavy atom. The zero-order valence-corrected chi connectivity index (χ0v) is 26.3. The number of fused-ring (bicyclic) bond motifs is 1. The molecule has 0 fully saturated rings. The van der Waals surface area contributed by atoms with Crippen LogP contribution < -0.4 is 0 Å². The fourth-order valence-corrected chi connectivity index (χ4v) is 6.82. The number of carboxylic acid groups (broad SMARTS) is 1. The summed E-state index contributed by atoms with van der Waals surface area (Å²) in [6, 6.07) is 52.7. The highest BCUT2D eigenvalue weighted by Gasteiger charge is 2.42. The normalized spacial score (nSPS) is 11.5. The van der Waals surface area contributed by atoms with Gasteiger partial charge in [0.1, 0.15) is 5.54 Å². The quantitative estimate of drug-likeness (QED) is 0.161. The molecule has 236 valence electrons. The number of imidazole rings is 1. The van der Waals surface area contributed by atoms with Crippen LogP contribution >= 0.6 is 0 Å². The minimum atomic E-state index is -0.975. The summed E-state index contributed by atoms with van der Waals surface area (Å²) < 4.78 is 3.83. The minimum Gasteiger partial charge on any atom is -0.478 e. The highest BCUT2D eigenvalue weighted by atomic mass is 16.4. The van der Waals surface area contributed by atoms with Crippen molar-refractivity contribution in [2.75, 3.05) is 0 Å². The number of para-hydroxylation sites is 1. The predicted molar refractivity (Wildman–Crippen MR) is 189 cm³/mol. The molecule has 8 nitrogen and oxygen atoms in total. The van der Waals surface area contributed by atoms with Gasteiger partial charge in [-0.15, -0.1) is 5.10 Å².